The van der Waals surface area contributed by atoms with Gasteiger partial charge in [-0.1, -0.05) is 27.7 Å². The van der Waals surface area contributed by atoms with E-state index in [4.69, 9.17) is 0 Å². The van der Waals surface area contributed by atoms with Gasteiger partial charge in [-0.15, -0.1) is 0 Å². The molecular formula is C26H46N2O. The van der Waals surface area contributed by atoms with Crippen LogP contribution in [0.5, 0.6) is 0 Å². The van der Waals surface area contributed by atoms with E-state index in [-0.39, 0.29) is 11.5 Å². The molecule has 3 heteroatoms. The number of aliphatic hydroxyl groups is 1. The van der Waals surface area contributed by atoms with E-state index in [1.807, 2.05) is 0 Å². The van der Waals surface area contributed by atoms with Gasteiger partial charge in [0.05, 0.1) is 6.10 Å². The lowest BCUT2D eigenvalue weighted by Gasteiger charge is -2.63. The first-order valence-corrected chi connectivity index (χ1v) is 12.6. The summed E-state index contributed by atoms with van der Waals surface area (Å²) < 4.78 is 0. The van der Waals surface area contributed by atoms with Gasteiger partial charge >= 0.3 is 0 Å². The molecule has 0 bridgehead atoms. The lowest BCUT2D eigenvalue weighted by molar-refractivity contribution is -0.144. The Hall–Kier alpha value is -0.120. The minimum atomic E-state index is -0.147. The molecule has 0 heterocycles. The zero-order valence-electron chi connectivity index (χ0n) is 20.1. The minimum absolute atomic E-state index is 0.147. The zero-order valence-corrected chi connectivity index (χ0v) is 20.1. The van der Waals surface area contributed by atoms with Gasteiger partial charge in [-0.25, -0.2) is 0 Å². The summed E-state index contributed by atoms with van der Waals surface area (Å²) in [6, 6.07) is 1.06. The second kappa shape index (κ2) is 6.01. The number of nitrogens with one attached hydrogen (secondary N) is 2. The van der Waals surface area contributed by atoms with Crippen molar-refractivity contribution in [1.82, 2.24) is 10.6 Å². The average Bonchev–Trinajstić information content (AvgIpc) is 3.26. The second-order valence-electron chi connectivity index (χ2n) is 13.1. The Morgan fingerprint density at radius 1 is 0.862 bits per heavy atom. The van der Waals surface area contributed by atoms with Crippen LogP contribution >= 0.6 is 0 Å². The quantitative estimate of drug-likeness (QED) is 0.647. The van der Waals surface area contributed by atoms with Crippen LogP contribution in [-0.2, 0) is 0 Å². The predicted molar refractivity (Wildman–Crippen MR) is 120 cm³/mol. The first kappa shape index (κ1) is 20.8. The highest BCUT2D eigenvalue weighted by Crippen LogP contribution is 2.88. The van der Waals surface area contributed by atoms with Crippen LogP contribution in [-0.4, -0.2) is 37.4 Å². The van der Waals surface area contributed by atoms with E-state index >= 15 is 0 Å². The molecule has 5 rings (SSSR count). The smallest absolute Gasteiger partial charge is 0.0594 e. The topological polar surface area (TPSA) is 44.3 Å². The Bertz CT molecular complexity index is 692. The third-order valence-electron chi connectivity index (χ3n) is 12.5. The van der Waals surface area contributed by atoms with Crippen LogP contribution in [0, 0.1) is 44.8 Å². The molecule has 0 saturated heterocycles. The highest BCUT2D eigenvalue weighted by atomic mass is 16.3. The monoisotopic (exact) mass is 402 g/mol. The van der Waals surface area contributed by atoms with Crippen molar-refractivity contribution in [2.24, 2.45) is 44.8 Å². The Morgan fingerprint density at radius 3 is 2.17 bits per heavy atom. The van der Waals surface area contributed by atoms with Gasteiger partial charge in [0.15, 0.2) is 0 Å². The van der Waals surface area contributed by atoms with Crippen molar-refractivity contribution >= 4 is 0 Å². The summed E-state index contributed by atoms with van der Waals surface area (Å²) in [5.41, 5.74) is 2.14. The lowest BCUT2D eigenvalue weighted by Crippen LogP contribution is -2.59. The van der Waals surface area contributed by atoms with E-state index < -0.39 is 0 Å². The van der Waals surface area contributed by atoms with Crippen LogP contribution in [0.4, 0.5) is 0 Å². The Kier molecular flexibility index (Phi) is 4.31. The third kappa shape index (κ3) is 2.16. The van der Waals surface area contributed by atoms with Gasteiger partial charge < -0.3 is 15.7 Å². The summed E-state index contributed by atoms with van der Waals surface area (Å²) in [5.74, 6) is 2.08. The molecular weight excluding hydrogens is 356 g/mol. The van der Waals surface area contributed by atoms with E-state index in [1.165, 1.54) is 44.9 Å². The Balaban J connectivity index is 1.52. The maximum absolute atomic E-state index is 11.3. The number of fused-ring (bicyclic) bond motifs is 2. The van der Waals surface area contributed by atoms with Gasteiger partial charge in [0.2, 0.25) is 0 Å². The standard InChI is InChI=1S/C26H46N2O/c1-16(27-6)21-17(29)14-24(5)19-9-8-18-22(2,3)20(28-7)10-11-25(18)15-26(19,25)13-12-23(21,24)4/h16-21,27-29H,8-15H2,1-7H3/t16-,17+,18?,19?,20?,21?,23?,24-,25?,26?/m0/s1. The Morgan fingerprint density at radius 2 is 1.52 bits per heavy atom. The molecule has 3 N–H and O–H groups in total. The van der Waals surface area contributed by atoms with Crippen molar-refractivity contribution in [2.75, 3.05) is 14.1 Å². The summed E-state index contributed by atoms with van der Waals surface area (Å²) in [6.07, 6.45) is 10.7. The van der Waals surface area contributed by atoms with Crippen molar-refractivity contribution in [3.05, 3.63) is 0 Å². The molecule has 29 heavy (non-hydrogen) atoms. The van der Waals surface area contributed by atoms with Gasteiger partial charge in [-0.05, 0) is 111 Å². The van der Waals surface area contributed by atoms with E-state index in [2.05, 4.69) is 59.3 Å². The first-order valence-electron chi connectivity index (χ1n) is 12.6. The highest BCUT2D eigenvalue weighted by Gasteiger charge is 2.82. The molecule has 10 atom stereocenters. The predicted octanol–water partition coefficient (Wildman–Crippen LogP) is 4.59. The van der Waals surface area contributed by atoms with Crippen LogP contribution in [0.3, 0.4) is 0 Å². The van der Waals surface area contributed by atoms with E-state index in [0.717, 1.165) is 18.3 Å². The van der Waals surface area contributed by atoms with Crippen LogP contribution in [0.1, 0.15) is 86.0 Å². The molecule has 0 aliphatic heterocycles. The van der Waals surface area contributed by atoms with Crippen molar-refractivity contribution in [1.29, 1.82) is 0 Å². The number of hydrogen-bond acceptors (Lipinski definition) is 3. The fourth-order valence-corrected chi connectivity index (χ4v) is 11.1. The number of rotatable bonds is 3. The molecule has 0 aromatic heterocycles. The first-order chi connectivity index (χ1) is 13.5. The maximum Gasteiger partial charge on any atom is 0.0594 e. The van der Waals surface area contributed by atoms with E-state index in [0.29, 0.717) is 39.7 Å². The fraction of sp³-hybridized carbons (Fsp3) is 1.00. The van der Waals surface area contributed by atoms with E-state index in [1.54, 1.807) is 0 Å². The van der Waals surface area contributed by atoms with Gasteiger partial charge in [-0.3, -0.25) is 0 Å². The SMILES string of the molecule is CNC1CCC23CC24CCC2(C)C([C@H](C)NC)[C@H](O)C[C@@]2(C)C4CCC3C1(C)C. The molecule has 5 fully saturated rings. The fourth-order valence-electron chi connectivity index (χ4n) is 11.1. The van der Waals surface area contributed by atoms with Crippen molar-refractivity contribution in [3.8, 4) is 0 Å². The Labute approximate surface area is 179 Å². The zero-order chi connectivity index (χ0) is 21.0. The van der Waals surface area contributed by atoms with Gasteiger partial charge in [-0.2, -0.15) is 0 Å². The molecule has 166 valence electrons. The summed E-state index contributed by atoms with van der Waals surface area (Å²) in [6.45, 7) is 12.6. The van der Waals surface area contributed by atoms with Crippen molar-refractivity contribution < 1.29 is 5.11 Å². The van der Waals surface area contributed by atoms with Crippen molar-refractivity contribution in [3.63, 3.8) is 0 Å². The van der Waals surface area contributed by atoms with Crippen LogP contribution in [0.25, 0.3) is 0 Å². The van der Waals surface area contributed by atoms with Crippen molar-refractivity contribution in [2.45, 2.75) is 104 Å². The molecule has 5 aliphatic carbocycles. The van der Waals surface area contributed by atoms with Crippen LogP contribution in [0.2, 0.25) is 0 Å². The lowest BCUT2D eigenvalue weighted by atomic mass is 9.42. The van der Waals surface area contributed by atoms with Gasteiger partial charge in [0.1, 0.15) is 0 Å². The van der Waals surface area contributed by atoms with E-state index in [9.17, 15) is 5.11 Å². The average molecular weight is 403 g/mol. The molecule has 5 saturated carbocycles. The molecule has 0 aromatic rings. The molecule has 0 aromatic carbocycles. The van der Waals surface area contributed by atoms with Gasteiger partial charge in [0.25, 0.3) is 0 Å². The summed E-state index contributed by atoms with van der Waals surface area (Å²) in [4.78, 5) is 0. The molecule has 7 unspecified atom stereocenters. The molecule has 3 nitrogen and oxygen atoms in total. The summed E-state index contributed by atoms with van der Waals surface area (Å²) in [7, 11) is 4.25. The van der Waals surface area contributed by atoms with Crippen LogP contribution < -0.4 is 10.6 Å². The van der Waals surface area contributed by atoms with Crippen LogP contribution in [0.15, 0.2) is 0 Å². The number of aliphatic hydroxyl groups excluding tert-OH is 1. The molecule has 0 amide bonds. The summed E-state index contributed by atoms with van der Waals surface area (Å²) in [5, 5.41) is 18.4. The molecule has 2 spiro atoms. The third-order valence-corrected chi connectivity index (χ3v) is 12.5. The second-order valence-corrected chi connectivity index (χ2v) is 13.1. The largest absolute Gasteiger partial charge is 0.393 e. The normalized spacial score (nSPS) is 58.6. The molecule has 0 radical (unpaired) electrons. The minimum Gasteiger partial charge on any atom is -0.393 e. The highest BCUT2D eigenvalue weighted by molar-refractivity contribution is 5.31. The maximum atomic E-state index is 11.3. The molecule has 5 aliphatic rings. The summed E-state index contributed by atoms with van der Waals surface area (Å²) >= 11 is 0. The van der Waals surface area contributed by atoms with Gasteiger partial charge in [0, 0.05) is 18.0 Å². The number of hydrogen-bond donors (Lipinski definition) is 3.